The smallest absolute Gasteiger partial charge is 0.131 e. The van der Waals surface area contributed by atoms with Gasteiger partial charge in [0.25, 0.3) is 0 Å². The van der Waals surface area contributed by atoms with Crippen LogP contribution in [0.4, 0.5) is 0 Å². The maximum Gasteiger partial charge on any atom is 0.131 e. The zero-order valence-electron chi connectivity index (χ0n) is 14.6. The van der Waals surface area contributed by atoms with Crippen molar-refractivity contribution < 1.29 is 0 Å². The van der Waals surface area contributed by atoms with Crippen LogP contribution < -0.4 is 5.73 Å². The molecule has 0 amide bonds. The summed E-state index contributed by atoms with van der Waals surface area (Å²) < 4.78 is 0. The van der Waals surface area contributed by atoms with Gasteiger partial charge in [0.1, 0.15) is 5.84 Å². The van der Waals surface area contributed by atoms with Crippen LogP contribution in [-0.4, -0.2) is 5.84 Å². The van der Waals surface area contributed by atoms with Crippen molar-refractivity contribution in [2.24, 2.45) is 10.7 Å². The number of aliphatic imine (C=N–C) groups is 1. The van der Waals surface area contributed by atoms with Crippen molar-refractivity contribution >= 4 is 5.84 Å². The largest absolute Gasteiger partial charge is 0.383 e. The molecule has 0 spiro atoms. The lowest BCUT2D eigenvalue weighted by atomic mass is 10.2. The molecule has 0 aromatic heterocycles. The van der Waals surface area contributed by atoms with Crippen LogP contribution in [0.2, 0.25) is 0 Å². The minimum Gasteiger partial charge on any atom is -0.383 e. The van der Waals surface area contributed by atoms with E-state index in [9.17, 15) is 0 Å². The van der Waals surface area contributed by atoms with Crippen LogP contribution in [0.5, 0.6) is 0 Å². The molecule has 0 bridgehead atoms. The van der Waals surface area contributed by atoms with Gasteiger partial charge in [-0.1, -0.05) is 77.3 Å². The monoisotopic (exact) mass is 288 g/mol. The van der Waals surface area contributed by atoms with Gasteiger partial charge >= 0.3 is 0 Å². The van der Waals surface area contributed by atoms with E-state index in [1.54, 1.807) is 12.2 Å². The van der Waals surface area contributed by atoms with Crippen molar-refractivity contribution in [3.05, 3.63) is 73.0 Å². The molecule has 2 heteroatoms. The van der Waals surface area contributed by atoms with Gasteiger partial charge in [0.05, 0.1) is 5.70 Å². The van der Waals surface area contributed by atoms with E-state index in [4.69, 9.17) is 5.73 Å². The molecular weight excluding hydrogens is 256 g/mol. The summed E-state index contributed by atoms with van der Waals surface area (Å²) in [6, 6.07) is 0. The van der Waals surface area contributed by atoms with Crippen LogP contribution in [0.1, 0.15) is 41.5 Å². The van der Waals surface area contributed by atoms with Crippen LogP contribution in [0.3, 0.4) is 0 Å². The van der Waals surface area contributed by atoms with Gasteiger partial charge in [0.2, 0.25) is 0 Å². The quantitative estimate of drug-likeness (QED) is 0.378. The molecule has 0 aromatic carbocycles. The summed E-state index contributed by atoms with van der Waals surface area (Å²) in [6.45, 7) is 19.2. The molecule has 0 heterocycles. The highest BCUT2D eigenvalue weighted by molar-refractivity contribution is 6.00. The number of nitrogens with two attached hydrogens (primary N) is 1. The Morgan fingerprint density at radius 3 is 1.90 bits per heavy atom. The fraction of sp³-hybridized carbons (Fsp3) is 0.316. The lowest BCUT2D eigenvalue weighted by Crippen LogP contribution is -2.13. The van der Waals surface area contributed by atoms with Crippen LogP contribution in [-0.2, 0) is 0 Å². The van der Waals surface area contributed by atoms with Crippen LogP contribution in [0.25, 0.3) is 0 Å². The van der Waals surface area contributed by atoms with E-state index < -0.39 is 0 Å². The van der Waals surface area contributed by atoms with Crippen LogP contribution in [0.15, 0.2) is 78.0 Å². The molecule has 0 aliphatic rings. The highest BCUT2D eigenvalue weighted by Gasteiger charge is 1.97. The zero-order valence-corrected chi connectivity index (χ0v) is 14.6. The molecule has 0 radical (unpaired) electrons. The molecule has 2 N–H and O–H groups in total. The van der Waals surface area contributed by atoms with Gasteiger partial charge < -0.3 is 5.73 Å². The van der Waals surface area contributed by atoms with Gasteiger partial charge in [-0.2, -0.15) is 0 Å². The second kappa shape index (κ2) is 20.2. The highest BCUT2D eigenvalue weighted by atomic mass is 14.9. The third-order valence-electron chi connectivity index (χ3n) is 1.86. The number of hydrogen-bond donors (Lipinski definition) is 1. The molecular formula is C19H32N2. The zero-order chi connectivity index (χ0) is 17.1. The molecule has 21 heavy (non-hydrogen) atoms. The van der Waals surface area contributed by atoms with Crippen molar-refractivity contribution in [1.82, 2.24) is 0 Å². The minimum absolute atomic E-state index is 0.443. The fourth-order valence-corrected chi connectivity index (χ4v) is 1.08. The van der Waals surface area contributed by atoms with Gasteiger partial charge in [-0.25, -0.2) is 4.99 Å². The first-order valence-corrected chi connectivity index (χ1v) is 7.45. The van der Waals surface area contributed by atoms with Gasteiger partial charge in [-0.3, -0.25) is 0 Å². The standard InChI is InChI=1S/C15H20N2.2C2H6/c1-5-9-12-14(8-4)17-15(16)13(10-6-2)11-7-3;2*1-2/h5-12H,2,4H2,1,3H3,(H2,16,17);2*1-2H3/b9-5-,11-7-,13-10+,14-12+;;. The third kappa shape index (κ3) is 14.1. The molecule has 0 saturated carbocycles. The summed E-state index contributed by atoms with van der Waals surface area (Å²) in [5, 5.41) is 0. The Bertz CT molecular complexity index is 405. The molecule has 0 atom stereocenters. The third-order valence-corrected chi connectivity index (χ3v) is 1.86. The summed E-state index contributed by atoms with van der Waals surface area (Å²) in [4.78, 5) is 4.29. The lowest BCUT2D eigenvalue weighted by Gasteiger charge is -2.01. The molecule has 0 saturated heterocycles. The number of nitrogens with zero attached hydrogens (tertiary/aromatic N) is 1. The second-order valence-electron chi connectivity index (χ2n) is 3.18. The van der Waals surface area contributed by atoms with E-state index in [1.165, 1.54) is 0 Å². The normalized spacial score (nSPS) is 12.4. The topological polar surface area (TPSA) is 38.4 Å². The summed E-state index contributed by atoms with van der Waals surface area (Å²) in [6.07, 6.45) is 14.6. The summed E-state index contributed by atoms with van der Waals surface area (Å²) in [7, 11) is 0. The average Bonchev–Trinajstić information content (AvgIpc) is 2.54. The number of hydrogen-bond acceptors (Lipinski definition) is 1. The highest BCUT2D eigenvalue weighted by Crippen LogP contribution is 2.04. The van der Waals surface area contributed by atoms with E-state index in [0.29, 0.717) is 5.84 Å². The van der Waals surface area contributed by atoms with E-state index in [0.717, 1.165) is 11.3 Å². The molecule has 0 fully saturated rings. The van der Waals surface area contributed by atoms with Gasteiger partial charge in [-0.05, 0) is 26.0 Å². The maximum absolute atomic E-state index is 5.91. The average molecular weight is 288 g/mol. The first-order valence-electron chi connectivity index (χ1n) is 7.45. The van der Waals surface area contributed by atoms with Crippen molar-refractivity contribution in [3.8, 4) is 0 Å². The van der Waals surface area contributed by atoms with Gasteiger partial charge in [0, 0.05) is 5.57 Å². The van der Waals surface area contributed by atoms with Crippen LogP contribution in [0, 0.1) is 0 Å². The van der Waals surface area contributed by atoms with Crippen LogP contribution >= 0.6 is 0 Å². The Hall–Kier alpha value is -2.09. The second-order valence-corrected chi connectivity index (χ2v) is 3.18. The minimum atomic E-state index is 0.443. The molecule has 0 unspecified atom stereocenters. The van der Waals surface area contributed by atoms with Crippen molar-refractivity contribution in [1.29, 1.82) is 0 Å². The fourth-order valence-electron chi connectivity index (χ4n) is 1.08. The lowest BCUT2D eigenvalue weighted by molar-refractivity contribution is 1.37. The number of allylic oxidation sites excluding steroid dienone is 7. The van der Waals surface area contributed by atoms with E-state index in [2.05, 4.69) is 18.2 Å². The Balaban J connectivity index is -0.000000739. The Morgan fingerprint density at radius 1 is 0.952 bits per heavy atom. The summed E-state index contributed by atoms with van der Waals surface area (Å²) in [5.74, 6) is 0.443. The molecule has 0 aliphatic heterocycles. The summed E-state index contributed by atoms with van der Waals surface area (Å²) in [5.41, 5.74) is 7.46. The van der Waals surface area contributed by atoms with Gasteiger partial charge in [0.15, 0.2) is 0 Å². The molecule has 2 nitrogen and oxygen atoms in total. The predicted molar refractivity (Wildman–Crippen MR) is 101 cm³/mol. The maximum atomic E-state index is 5.91. The molecule has 0 aromatic rings. The first-order chi connectivity index (χ1) is 10.2. The summed E-state index contributed by atoms with van der Waals surface area (Å²) >= 11 is 0. The van der Waals surface area contributed by atoms with Gasteiger partial charge in [-0.15, -0.1) is 0 Å². The SMILES string of the molecule is C=C/C=C(\C=C/C)C(/N)=N\C(C=C)=C\C=C/C.CC.CC. The van der Waals surface area contributed by atoms with E-state index >= 15 is 0 Å². The number of rotatable bonds is 6. The Labute approximate surface area is 131 Å². The van der Waals surface area contributed by atoms with Crippen molar-refractivity contribution in [3.63, 3.8) is 0 Å². The Kier molecular flexibility index (Phi) is 23.1. The predicted octanol–water partition coefficient (Wildman–Crippen LogP) is 5.73. The van der Waals surface area contributed by atoms with Crippen molar-refractivity contribution in [2.75, 3.05) is 0 Å². The van der Waals surface area contributed by atoms with Crippen molar-refractivity contribution in [2.45, 2.75) is 41.5 Å². The molecule has 118 valence electrons. The number of amidine groups is 1. The Morgan fingerprint density at radius 2 is 1.52 bits per heavy atom. The van der Waals surface area contributed by atoms with E-state index in [1.807, 2.05) is 78.0 Å². The first kappa shape index (κ1) is 24.0. The van der Waals surface area contributed by atoms with E-state index in [-0.39, 0.29) is 0 Å². The molecule has 0 rings (SSSR count). The molecule has 0 aliphatic carbocycles.